The molecule has 0 spiro atoms. The molecule has 0 unspecified atom stereocenters. The number of hydrogen-bond acceptors (Lipinski definition) is 5. The summed E-state index contributed by atoms with van der Waals surface area (Å²) in [5, 5.41) is 15.8. The van der Waals surface area contributed by atoms with Gasteiger partial charge < -0.3 is 4.90 Å². The first-order valence-electron chi connectivity index (χ1n) is 6.54. The number of anilines is 1. The number of rotatable bonds is 2. The Bertz CT molecular complexity index is 536. The zero-order valence-corrected chi connectivity index (χ0v) is 10.8. The van der Waals surface area contributed by atoms with E-state index < -0.39 is 0 Å². The maximum atomic E-state index is 4.45. The van der Waals surface area contributed by atoms with Gasteiger partial charge in [-0.3, -0.25) is 0 Å². The van der Waals surface area contributed by atoms with Gasteiger partial charge in [0.1, 0.15) is 0 Å². The van der Waals surface area contributed by atoms with Crippen molar-refractivity contribution in [1.29, 1.82) is 0 Å². The Morgan fingerprint density at radius 3 is 2.94 bits per heavy atom. The molecule has 2 atom stereocenters. The molecule has 6 heteroatoms. The highest BCUT2D eigenvalue weighted by molar-refractivity contribution is 5.44. The van der Waals surface area contributed by atoms with Gasteiger partial charge in [0.05, 0.1) is 0 Å². The molecule has 0 aliphatic heterocycles. The van der Waals surface area contributed by atoms with Gasteiger partial charge >= 0.3 is 0 Å². The van der Waals surface area contributed by atoms with Crippen molar-refractivity contribution in [3.05, 3.63) is 12.1 Å². The number of nitrogens with zero attached hydrogens (tertiary/aromatic N) is 6. The molecule has 0 bridgehead atoms. The largest absolute Gasteiger partial charge is 0.355 e. The molecule has 3 rings (SSSR count). The Labute approximate surface area is 106 Å². The number of tetrazole rings is 1. The van der Waals surface area contributed by atoms with Crippen LogP contribution in [0.25, 0.3) is 5.65 Å². The molecule has 0 amide bonds. The van der Waals surface area contributed by atoms with E-state index in [-0.39, 0.29) is 0 Å². The number of fused-ring (bicyclic) bond motifs is 1. The summed E-state index contributed by atoms with van der Waals surface area (Å²) in [4.78, 5) is 2.27. The zero-order valence-electron chi connectivity index (χ0n) is 10.8. The van der Waals surface area contributed by atoms with Crippen molar-refractivity contribution in [3.63, 3.8) is 0 Å². The summed E-state index contributed by atoms with van der Waals surface area (Å²) in [7, 11) is 2.12. The van der Waals surface area contributed by atoms with E-state index in [0.29, 0.717) is 11.7 Å². The van der Waals surface area contributed by atoms with Crippen LogP contribution in [0.5, 0.6) is 0 Å². The van der Waals surface area contributed by atoms with E-state index in [1.54, 1.807) is 0 Å². The van der Waals surface area contributed by atoms with Gasteiger partial charge in [-0.15, -0.1) is 14.8 Å². The first-order chi connectivity index (χ1) is 8.75. The molecular formula is C12H18N6. The van der Waals surface area contributed by atoms with Crippen molar-refractivity contribution in [2.45, 2.75) is 38.6 Å². The Kier molecular flexibility index (Phi) is 2.85. The third kappa shape index (κ3) is 1.91. The molecule has 0 N–H and O–H groups in total. The fourth-order valence-electron chi connectivity index (χ4n) is 2.87. The molecule has 1 aliphatic carbocycles. The van der Waals surface area contributed by atoms with Crippen molar-refractivity contribution < 1.29 is 0 Å². The monoisotopic (exact) mass is 246 g/mol. The van der Waals surface area contributed by atoms with E-state index in [0.717, 1.165) is 11.7 Å². The average molecular weight is 246 g/mol. The molecule has 2 aromatic rings. The minimum absolute atomic E-state index is 0.570. The highest BCUT2D eigenvalue weighted by atomic mass is 15.6. The van der Waals surface area contributed by atoms with E-state index >= 15 is 0 Å². The molecule has 2 heterocycles. The van der Waals surface area contributed by atoms with Crippen LogP contribution in [0.1, 0.15) is 32.6 Å². The minimum Gasteiger partial charge on any atom is -0.355 e. The molecular weight excluding hydrogens is 228 g/mol. The highest BCUT2D eigenvalue weighted by Gasteiger charge is 2.26. The van der Waals surface area contributed by atoms with Crippen molar-refractivity contribution in [3.8, 4) is 0 Å². The van der Waals surface area contributed by atoms with Gasteiger partial charge in [0.25, 0.3) is 0 Å². The lowest BCUT2D eigenvalue weighted by molar-refractivity contribution is 0.320. The van der Waals surface area contributed by atoms with Crippen LogP contribution in [0.15, 0.2) is 12.1 Å². The smallest absolute Gasteiger partial charge is 0.200 e. The van der Waals surface area contributed by atoms with Gasteiger partial charge in [-0.05, 0) is 41.3 Å². The lowest BCUT2D eigenvalue weighted by atomic mass is 9.85. The van der Waals surface area contributed by atoms with E-state index in [2.05, 4.69) is 39.5 Å². The molecule has 2 aromatic heterocycles. The molecule has 0 radical (unpaired) electrons. The van der Waals surface area contributed by atoms with E-state index in [1.165, 1.54) is 30.3 Å². The van der Waals surface area contributed by atoms with Crippen molar-refractivity contribution in [1.82, 2.24) is 25.3 Å². The maximum absolute atomic E-state index is 4.45. The summed E-state index contributed by atoms with van der Waals surface area (Å²) in [6.07, 6.45) is 5.21. The summed E-state index contributed by atoms with van der Waals surface area (Å²) in [5.41, 5.74) is 0.684. The molecule has 18 heavy (non-hydrogen) atoms. The molecule has 1 aliphatic rings. The van der Waals surface area contributed by atoms with Gasteiger partial charge in [0.15, 0.2) is 11.5 Å². The summed E-state index contributed by atoms with van der Waals surface area (Å²) in [6.45, 7) is 2.33. The lowest BCUT2D eigenvalue weighted by Crippen LogP contribution is -2.39. The third-order valence-electron chi connectivity index (χ3n) is 3.98. The normalized spacial score (nSPS) is 24.3. The second-order valence-electron chi connectivity index (χ2n) is 5.16. The summed E-state index contributed by atoms with van der Waals surface area (Å²) in [6, 6.07) is 4.47. The standard InChI is InChI=1S/C12H18N6/c1-9-5-3-4-6-10(9)17(2)12-8-7-11-13-15-16-18(11)14-12/h7-10H,3-6H2,1-2H3/t9-,10-/m0/s1. The van der Waals surface area contributed by atoms with E-state index in [9.17, 15) is 0 Å². The predicted octanol–water partition coefficient (Wildman–Crippen LogP) is 1.53. The molecule has 96 valence electrons. The van der Waals surface area contributed by atoms with E-state index in [1.807, 2.05) is 12.1 Å². The van der Waals surface area contributed by atoms with Gasteiger partial charge in [0.2, 0.25) is 0 Å². The van der Waals surface area contributed by atoms with Crippen molar-refractivity contribution in [2.24, 2.45) is 5.92 Å². The second kappa shape index (κ2) is 4.51. The molecule has 1 fully saturated rings. The number of aromatic nitrogens is 5. The first kappa shape index (κ1) is 11.4. The fraction of sp³-hybridized carbons (Fsp3) is 0.667. The predicted molar refractivity (Wildman–Crippen MR) is 68.4 cm³/mol. The van der Waals surface area contributed by atoms with Crippen LogP contribution in [-0.4, -0.2) is 38.3 Å². The lowest BCUT2D eigenvalue weighted by Gasteiger charge is -2.36. The summed E-state index contributed by atoms with van der Waals surface area (Å²) in [5.74, 6) is 1.66. The van der Waals surface area contributed by atoms with Crippen LogP contribution in [0.2, 0.25) is 0 Å². The van der Waals surface area contributed by atoms with Crippen LogP contribution in [0.3, 0.4) is 0 Å². The van der Waals surface area contributed by atoms with Gasteiger partial charge in [-0.25, -0.2) is 0 Å². The van der Waals surface area contributed by atoms with Crippen LogP contribution >= 0.6 is 0 Å². The zero-order chi connectivity index (χ0) is 12.5. The Hall–Kier alpha value is -1.72. The maximum Gasteiger partial charge on any atom is 0.200 e. The molecule has 0 aromatic carbocycles. The van der Waals surface area contributed by atoms with Gasteiger partial charge in [-0.2, -0.15) is 0 Å². The Morgan fingerprint density at radius 1 is 1.28 bits per heavy atom. The van der Waals surface area contributed by atoms with E-state index in [4.69, 9.17) is 0 Å². The molecule has 0 saturated heterocycles. The van der Waals surface area contributed by atoms with Crippen LogP contribution in [-0.2, 0) is 0 Å². The minimum atomic E-state index is 0.570. The van der Waals surface area contributed by atoms with Crippen LogP contribution < -0.4 is 4.90 Å². The summed E-state index contributed by atoms with van der Waals surface area (Å²) >= 11 is 0. The molecule has 6 nitrogen and oxygen atoms in total. The van der Waals surface area contributed by atoms with Crippen LogP contribution in [0, 0.1) is 5.92 Å². The SMILES string of the molecule is C[C@H]1CCCC[C@@H]1N(C)c1ccc2nnnn2n1. The van der Waals surface area contributed by atoms with Gasteiger partial charge in [-0.1, -0.05) is 19.8 Å². The van der Waals surface area contributed by atoms with Gasteiger partial charge in [0, 0.05) is 13.1 Å². The first-order valence-corrected chi connectivity index (χ1v) is 6.54. The van der Waals surface area contributed by atoms with Crippen LogP contribution in [0.4, 0.5) is 5.82 Å². The van der Waals surface area contributed by atoms with Crippen molar-refractivity contribution in [2.75, 3.05) is 11.9 Å². The molecule has 1 saturated carbocycles. The Morgan fingerprint density at radius 2 is 2.11 bits per heavy atom. The second-order valence-corrected chi connectivity index (χ2v) is 5.16. The average Bonchev–Trinajstić information content (AvgIpc) is 2.85. The fourth-order valence-corrected chi connectivity index (χ4v) is 2.87. The van der Waals surface area contributed by atoms with Crippen molar-refractivity contribution >= 4 is 11.5 Å². The Balaban J connectivity index is 1.87. The topological polar surface area (TPSA) is 59.2 Å². The number of hydrogen-bond donors (Lipinski definition) is 0. The highest BCUT2D eigenvalue weighted by Crippen LogP contribution is 2.29. The summed E-state index contributed by atoms with van der Waals surface area (Å²) < 4.78 is 1.49. The third-order valence-corrected chi connectivity index (χ3v) is 3.98. The quantitative estimate of drug-likeness (QED) is 0.804.